The highest BCUT2D eigenvalue weighted by Gasteiger charge is 2.35. The Kier molecular flexibility index (Phi) is 4.49. The topological polar surface area (TPSA) is 52.7 Å². The first kappa shape index (κ1) is 15.5. The molecule has 1 unspecified atom stereocenters. The summed E-state index contributed by atoms with van der Waals surface area (Å²) in [5.41, 5.74) is 0.792. The number of rotatable bonds is 3. The summed E-state index contributed by atoms with van der Waals surface area (Å²) in [5, 5.41) is 5.09. The smallest absolute Gasteiger partial charge is 0.252 e. The number of piperidine rings is 1. The largest absolute Gasteiger partial charge is 0.349 e. The summed E-state index contributed by atoms with van der Waals surface area (Å²) in [6.45, 7) is 4.61. The normalized spacial score (nSPS) is 24.0. The highest BCUT2D eigenvalue weighted by molar-refractivity contribution is 7.10. The van der Waals surface area contributed by atoms with Crippen molar-refractivity contribution in [1.82, 2.24) is 15.1 Å². The number of likely N-dealkylation sites (N-methyl/N-ethyl adjacent to an activating group) is 1. The lowest BCUT2D eigenvalue weighted by Gasteiger charge is -2.35. The summed E-state index contributed by atoms with van der Waals surface area (Å²) >= 11 is 1.60. The van der Waals surface area contributed by atoms with Crippen molar-refractivity contribution in [2.24, 2.45) is 0 Å². The maximum absolute atomic E-state index is 12.2. The molecule has 5 nitrogen and oxygen atoms in total. The third-order valence-electron chi connectivity index (χ3n) is 4.81. The molecule has 2 aliphatic rings. The van der Waals surface area contributed by atoms with Crippen LogP contribution in [0.2, 0.25) is 0 Å². The zero-order chi connectivity index (χ0) is 15.7. The molecule has 2 aliphatic heterocycles. The van der Waals surface area contributed by atoms with Crippen LogP contribution in [-0.4, -0.2) is 60.4 Å². The Labute approximate surface area is 135 Å². The molecule has 0 spiro atoms. The predicted octanol–water partition coefficient (Wildman–Crippen LogP) is 1.48. The molecule has 3 rings (SSSR count). The van der Waals surface area contributed by atoms with Gasteiger partial charge in [0.05, 0.1) is 11.6 Å². The molecule has 1 atom stereocenters. The SMILES string of the molecule is Cc1sccc1C(=O)NC1CCN(C2CCN(C)C2=O)CC1. The van der Waals surface area contributed by atoms with Gasteiger partial charge in [-0.1, -0.05) is 0 Å². The Bertz CT molecular complexity index is 563. The summed E-state index contributed by atoms with van der Waals surface area (Å²) in [5.74, 6) is 0.283. The third kappa shape index (κ3) is 3.03. The Morgan fingerprint density at radius 2 is 2.00 bits per heavy atom. The fourth-order valence-electron chi connectivity index (χ4n) is 3.38. The molecule has 0 aliphatic carbocycles. The summed E-state index contributed by atoms with van der Waals surface area (Å²) < 4.78 is 0. The van der Waals surface area contributed by atoms with Crippen molar-refractivity contribution < 1.29 is 9.59 Å². The summed E-state index contributed by atoms with van der Waals surface area (Å²) in [7, 11) is 1.87. The molecule has 0 bridgehead atoms. The number of amides is 2. The number of nitrogens with zero attached hydrogens (tertiary/aromatic N) is 2. The van der Waals surface area contributed by atoms with Crippen LogP contribution in [0.25, 0.3) is 0 Å². The quantitative estimate of drug-likeness (QED) is 0.917. The fourth-order valence-corrected chi connectivity index (χ4v) is 4.08. The fraction of sp³-hybridized carbons (Fsp3) is 0.625. The van der Waals surface area contributed by atoms with Crippen LogP contribution < -0.4 is 5.32 Å². The third-order valence-corrected chi connectivity index (χ3v) is 5.65. The lowest BCUT2D eigenvalue weighted by atomic mass is 10.0. The second-order valence-corrected chi connectivity index (χ2v) is 7.36. The van der Waals surface area contributed by atoms with Gasteiger partial charge in [0.1, 0.15) is 0 Å². The molecular formula is C16H23N3O2S. The van der Waals surface area contributed by atoms with Crippen molar-refractivity contribution in [2.75, 3.05) is 26.7 Å². The van der Waals surface area contributed by atoms with E-state index in [9.17, 15) is 9.59 Å². The van der Waals surface area contributed by atoms with Crippen LogP contribution in [0.1, 0.15) is 34.5 Å². The van der Waals surface area contributed by atoms with E-state index in [1.54, 1.807) is 11.3 Å². The van der Waals surface area contributed by atoms with Crippen LogP contribution in [-0.2, 0) is 4.79 Å². The number of thiophene rings is 1. The van der Waals surface area contributed by atoms with Crippen LogP contribution in [0.3, 0.4) is 0 Å². The van der Waals surface area contributed by atoms with E-state index in [0.717, 1.165) is 49.3 Å². The van der Waals surface area contributed by atoms with Crippen molar-refractivity contribution in [3.63, 3.8) is 0 Å². The van der Waals surface area contributed by atoms with E-state index >= 15 is 0 Å². The van der Waals surface area contributed by atoms with Gasteiger partial charge >= 0.3 is 0 Å². The van der Waals surface area contributed by atoms with Gasteiger partial charge < -0.3 is 10.2 Å². The highest BCUT2D eigenvalue weighted by atomic mass is 32.1. The minimum Gasteiger partial charge on any atom is -0.349 e. The molecule has 0 aromatic carbocycles. The number of aryl methyl sites for hydroxylation is 1. The average Bonchev–Trinajstić information content (AvgIpc) is 3.07. The molecule has 2 amide bonds. The molecule has 1 N–H and O–H groups in total. The maximum Gasteiger partial charge on any atom is 0.252 e. The number of hydrogen-bond donors (Lipinski definition) is 1. The van der Waals surface area contributed by atoms with Gasteiger partial charge in [-0.2, -0.15) is 0 Å². The first-order valence-corrected chi connectivity index (χ1v) is 8.78. The standard InChI is InChI=1S/C16H23N3O2S/c1-11-13(6-10-22-11)15(20)17-12-3-8-19(9-4-12)14-5-7-18(2)16(14)21/h6,10,12,14H,3-5,7-9H2,1-2H3,(H,17,20). The van der Waals surface area contributed by atoms with Gasteiger partial charge in [-0.3, -0.25) is 14.5 Å². The number of likely N-dealkylation sites (tertiary alicyclic amines) is 2. The molecule has 0 radical (unpaired) electrons. The minimum absolute atomic E-state index is 0.0360. The molecule has 2 fully saturated rings. The van der Waals surface area contributed by atoms with Crippen molar-refractivity contribution in [1.29, 1.82) is 0 Å². The van der Waals surface area contributed by atoms with Crippen LogP contribution >= 0.6 is 11.3 Å². The monoisotopic (exact) mass is 321 g/mol. The number of nitrogens with one attached hydrogen (secondary N) is 1. The molecule has 0 saturated carbocycles. The zero-order valence-electron chi connectivity index (χ0n) is 13.2. The zero-order valence-corrected chi connectivity index (χ0v) is 14.0. The van der Waals surface area contributed by atoms with E-state index in [1.807, 2.05) is 30.3 Å². The van der Waals surface area contributed by atoms with Gasteiger partial charge in [0.15, 0.2) is 0 Å². The Hall–Kier alpha value is -1.40. The second-order valence-electron chi connectivity index (χ2n) is 6.24. The van der Waals surface area contributed by atoms with E-state index < -0.39 is 0 Å². The van der Waals surface area contributed by atoms with Crippen LogP contribution in [0, 0.1) is 6.92 Å². The van der Waals surface area contributed by atoms with Gasteiger partial charge in [0, 0.05) is 37.6 Å². The maximum atomic E-state index is 12.2. The van der Waals surface area contributed by atoms with Crippen molar-refractivity contribution in [3.8, 4) is 0 Å². The summed E-state index contributed by atoms with van der Waals surface area (Å²) in [6, 6.07) is 2.16. The van der Waals surface area contributed by atoms with Crippen molar-refractivity contribution >= 4 is 23.2 Å². The number of carbonyl (C=O) groups is 2. The first-order valence-electron chi connectivity index (χ1n) is 7.90. The van der Waals surface area contributed by atoms with Gasteiger partial charge in [-0.15, -0.1) is 11.3 Å². The molecule has 2 saturated heterocycles. The van der Waals surface area contributed by atoms with E-state index in [1.165, 1.54) is 0 Å². The molecular weight excluding hydrogens is 298 g/mol. The van der Waals surface area contributed by atoms with Crippen molar-refractivity contribution in [2.45, 2.75) is 38.3 Å². The Morgan fingerprint density at radius 1 is 1.27 bits per heavy atom. The Balaban J connectivity index is 1.51. The lowest BCUT2D eigenvalue weighted by Crippen LogP contribution is -2.50. The van der Waals surface area contributed by atoms with Gasteiger partial charge in [-0.25, -0.2) is 0 Å². The summed E-state index contributed by atoms with van der Waals surface area (Å²) in [6.07, 6.45) is 2.77. The first-order chi connectivity index (χ1) is 10.6. The lowest BCUT2D eigenvalue weighted by molar-refractivity contribution is -0.131. The average molecular weight is 321 g/mol. The van der Waals surface area contributed by atoms with E-state index in [4.69, 9.17) is 0 Å². The molecule has 22 heavy (non-hydrogen) atoms. The van der Waals surface area contributed by atoms with E-state index in [2.05, 4.69) is 10.2 Å². The number of hydrogen-bond acceptors (Lipinski definition) is 4. The highest BCUT2D eigenvalue weighted by Crippen LogP contribution is 2.21. The van der Waals surface area contributed by atoms with E-state index in [-0.39, 0.29) is 23.9 Å². The summed E-state index contributed by atoms with van der Waals surface area (Å²) in [4.78, 5) is 29.5. The van der Waals surface area contributed by atoms with Gasteiger partial charge in [0.2, 0.25) is 5.91 Å². The van der Waals surface area contributed by atoms with E-state index in [0.29, 0.717) is 0 Å². The molecule has 6 heteroatoms. The van der Waals surface area contributed by atoms with Crippen molar-refractivity contribution in [3.05, 3.63) is 21.9 Å². The molecule has 1 aromatic heterocycles. The molecule has 1 aromatic rings. The van der Waals surface area contributed by atoms with Gasteiger partial charge in [-0.05, 0) is 37.6 Å². The second kappa shape index (κ2) is 6.38. The Morgan fingerprint density at radius 3 is 2.55 bits per heavy atom. The van der Waals surface area contributed by atoms with Gasteiger partial charge in [0.25, 0.3) is 5.91 Å². The predicted molar refractivity (Wildman–Crippen MR) is 87.2 cm³/mol. The van der Waals surface area contributed by atoms with Crippen LogP contribution in [0.5, 0.6) is 0 Å². The van der Waals surface area contributed by atoms with Crippen LogP contribution in [0.15, 0.2) is 11.4 Å². The molecule has 3 heterocycles. The van der Waals surface area contributed by atoms with Crippen LogP contribution in [0.4, 0.5) is 0 Å². The number of carbonyl (C=O) groups excluding carboxylic acids is 2. The minimum atomic E-state index is 0.0360. The molecule has 120 valence electrons.